The van der Waals surface area contributed by atoms with E-state index in [-0.39, 0.29) is 36.0 Å². The fraction of sp³-hybridized carbons (Fsp3) is 0.727. The Kier molecular flexibility index (Phi) is 8.87. The molecule has 0 N–H and O–H groups in total. The van der Waals surface area contributed by atoms with Crippen molar-refractivity contribution in [1.82, 2.24) is 0 Å². The molecule has 2 aliphatic heterocycles. The van der Waals surface area contributed by atoms with Crippen LogP contribution in [0, 0.1) is 11.8 Å². The van der Waals surface area contributed by atoms with Gasteiger partial charge >= 0.3 is 0 Å². The summed E-state index contributed by atoms with van der Waals surface area (Å²) in [6.07, 6.45) is 5.45. The Morgan fingerprint density at radius 3 is 1.20 bits per heavy atom. The lowest BCUT2D eigenvalue weighted by Crippen LogP contribution is -2.37. The first kappa shape index (κ1) is 23.9. The number of rotatable bonds is 6. The maximum absolute atomic E-state index is 5.50. The first-order chi connectivity index (χ1) is 14.4. The molecule has 0 saturated heterocycles. The molecule has 8 heteroatoms. The molecule has 30 heavy (non-hydrogen) atoms. The van der Waals surface area contributed by atoms with Crippen LogP contribution in [0.25, 0.3) is 0 Å². The molecular formula is C22H36N4O4. The van der Waals surface area contributed by atoms with Crippen LogP contribution in [-0.4, -0.2) is 76.2 Å². The van der Waals surface area contributed by atoms with E-state index in [0.29, 0.717) is 36.4 Å². The van der Waals surface area contributed by atoms with Crippen LogP contribution in [-0.2, 0) is 18.9 Å². The van der Waals surface area contributed by atoms with E-state index in [2.05, 4.69) is 39.8 Å². The Morgan fingerprint density at radius 2 is 0.933 bits per heavy atom. The fourth-order valence-electron chi connectivity index (χ4n) is 3.48. The molecule has 0 bridgehead atoms. The predicted octanol–water partition coefficient (Wildman–Crippen LogP) is 3.32. The van der Waals surface area contributed by atoms with Crippen molar-refractivity contribution in [2.45, 2.75) is 64.7 Å². The fourth-order valence-corrected chi connectivity index (χ4v) is 3.48. The van der Waals surface area contributed by atoms with Crippen LogP contribution in [0.2, 0.25) is 0 Å². The molecule has 168 valence electrons. The summed E-state index contributed by atoms with van der Waals surface area (Å²) in [4.78, 5) is 18.8. The molecule has 0 spiro atoms. The summed E-state index contributed by atoms with van der Waals surface area (Å²) in [5.41, 5.74) is 0. The molecule has 8 nitrogen and oxygen atoms in total. The zero-order valence-corrected chi connectivity index (χ0v) is 19.5. The van der Waals surface area contributed by atoms with Gasteiger partial charge in [-0.1, -0.05) is 39.8 Å². The molecule has 0 saturated carbocycles. The third kappa shape index (κ3) is 5.61. The normalized spacial score (nSPS) is 26.9. The summed E-state index contributed by atoms with van der Waals surface area (Å²) in [5.74, 6) is 3.14. The molecule has 0 fully saturated rings. The topological polar surface area (TPSA) is 86.4 Å². The van der Waals surface area contributed by atoms with Gasteiger partial charge in [-0.2, -0.15) is 0 Å². The minimum atomic E-state index is -0.193. The minimum Gasteiger partial charge on any atom is -0.483 e. The standard InChI is InChI=1S/C22H36N4O4/c1-13(2)17-21(29-7)23-15(19(25-17)27-5)11-9-10-12-16-20(28-6)26-18(14(3)4)22(24-16)30-8/h9-10,13-18H,11-12H2,1-8H3/b10-9-/t15-,16-,17+,18+/m0/s1. The predicted molar refractivity (Wildman–Crippen MR) is 121 cm³/mol. The monoisotopic (exact) mass is 420 g/mol. The summed E-state index contributed by atoms with van der Waals surface area (Å²) in [7, 11) is 6.54. The van der Waals surface area contributed by atoms with Crippen LogP contribution in [0.15, 0.2) is 32.1 Å². The summed E-state index contributed by atoms with van der Waals surface area (Å²) in [6.45, 7) is 8.36. The molecule has 2 rings (SSSR count). The van der Waals surface area contributed by atoms with Crippen molar-refractivity contribution in [1.29, 1.82) is 0 Å². The van der Waals surface area contributed by atoms with Gasteiger partial charge in [-0.15, -0.1) is 0 Å². The molecule has 4 atom stereocenters. The van der Waals surface area contributed by atoms with Gasteiger partial charge in [0.2, 0.25) is 23.6 Å². The van der Waals surface area contributed by atoms with E-state index in [0.717, 1.165) is 0 Å². The Hall–Kier alpha value is -2.38. The van der Waals surface area contributed by atoms with Crippen molar-refractivity contribution < 1.29 is 18.9 Å². The third-order valence-electron chi connectivity index (χ3n) is 5.16. The van der Waals surface area contributed by atoms with Crippen LogP contribution in [0.3, 0.4) is 0 Å². The van der Waals surface area contributed by atoms with Crippen molar-refractivity contribution in [3.63, 3.8) is 0 Å². The highest BCUT2D eigenvalue weighted by Gasteiger charge is 2.31. The molecule has 2 aliphatic rings. The van der Waals surface area contributed by atoms with Crippen LogP contribution in [0.1, 0.15) is 40.5 Å². The van der Waals surface area contributed by atoms with Gasteiger partial charge in [-0.05, 0) is 24.7 Å². The SMILES string of the molecule is COC1=N[C@H](C(C)C)C(OC)=N[C@H]1C/C=C\C[C@@H]1N=C(OC)[C@@H](C(C)C)N=C1OC. The van der Waals surface area contributed by atoms with E-state index in [1.807, 2.05) is 0 Å². The molecule has 2 heterocycles. The minimum absolute atomic E-state index is 0.108. The van der Waals surface area contributed by atoms with Gasteiger partial charge in [0, 0.05) is 0 Å². The number of hydrogen-bond donors (Lipinski definition) is 0. The molecule has 0 aromatic heterocycles. The van der Waals surface area contributed by atoms with E-state index in [4.69, 9.17) is 38.9 Å². The lowest BCUT2D eigenvalue weighted by atomic mass is 10.0. The van der Waals surface area contributed by atoms with E-state index in [1.165, 1.54) is 0 Å². The lowest BCUT2D eigenvalue weighted by Gasteiger charge is -2.27. The van der Waals surface area contributed by atoms with Crippen molar-refractivity contribution >= 4 is 23.6 Å². The first-order valence-corrected chi connectivity index (χ1v) is 10.5. The average Bonchev–Trinajstić information content (AvgIpc) is 2.75. The van der Waals surface area contributed by atoms with Gasteiger partial charge in [-0.3, -0.25) is 0 Å². The quantitative estimate of drug-likeness (QED) is 0.617. The lowest BCUT2D eigenvalue weighted by molar-refractivity contribution is 0.332. The van der Waals surface area contributed by atoms with Crippen LogP contribution < -0.4 is 0 Å². The number of ether oxygens (including phenoxy) is 4. The van der Waals surface area contributed by atoms with Gasteiger partial charge in [-0.25, -0.2) is 20.0 Å². The number of nitrogens with zero attached hydrogens (tertiary/aromatic N) is 4. The summed E-state index contributed by atoms with van der Waals surface area (Å²) in [5, 5.41) is 0. The number of aliphatic imine (C=N–C) groups is 4. The smallest absolute Gasteiger partial charge is 0.209 e. The van der Waals surface area contributed by atoms with Gasteiger partial charge < -0.3 is 18.9 Å². The van der Waals surface area contributed by atoms with Crippen molar-refractivity contribution in [2.24, 2.45) is 31.8 Å². The van der Waals surface area contributed by atoms with Gasteiger partial charge in [0.15, 0.2) is 0 Å². The highest BCUT2D eigenvalue weighted by Crippen LogP contribution is 2.21. The van der Waals surface area contributed by atoms with Gasteiger partial charge in [0.1, 0.15) is 24.2 Å². The van der Waals surface area contributed by atoms with Crippen LogP contribution in [0.4, 0.5) is 0 Å². The second-order valence-corrected chi connectivity index (χ2v) is 8.04. The Morgan fingerprint density at radius 1 is 0.600 bits per heavy atom. The molecule has 0 aliphatic carbocycles. The molecule has 0 radical (unpaired) electrons. The third-order valence-corrected chi connectivity index (χ3v) is 5.16. The van der Waals surface area contributed by atoms with E-state index in [9.17, 15) is 0 Å². The average molecular weight is 421 g/mol. The number of hydrogen-bond acceptors (Lipinski definition) is 8. The van der Waals surface area contributed by atoms with E-state index in [1.54, 1.807) is 28.4 Å². The highest BCUT2D eigenvalue weighted by atomic mass is 16.5. The second-order valence-electron chi connectivity index (χ2n) is 8.04. The Labute approximate surface area is 180 Å². The summed E-state index contributed by atoms with van der Waals surface area (Å²) < 4.78 is 21.9. The van der Waals surface area contributed by atoms with E-state index >= 15 is 0 Å². The Balaban J connectivity index is 2.06. The largest absolute Gasteiger partial charge is 0.483 e. The maximum Gasteiger partial charge on any atom is 0.209 e. The highest BCUT2D eigenvalue weighted by molar-refractivity contribution is 5.95. The second kappa shape index (κ2) is 11.1. The summed E-state index contributed by atoms with van der Waals surface area (Å²) >= 11 is 0. The van der Waals surface area contributed by atoms with Crippen molar-refractivity contribution in [3.8, 4) is 0 Å². The van der Waals surface area contributed by atoms with Crippen LogP contribution in [0.5, 0.6) is 0 Å². The molecular weight excluding hydrogens is 384 g/mol. The molecule has 0 aromatic carbocycles. The van der Waals surface area contributed by atoms with Crippen LogP contribution >= 0.6 is 0 Å². The Bertz CT molecular complexity index is 665. The molecule has 0 unspecified atom stereocenters. The van der Waals surface area contributed by atoms with Gasteiger partial charge in [0.05, 0.1) is 28.4 Å². The summed E-state index contributed by atoms with van der Waals surface area (Å²) in [6, 6.07) is -0.602. The zero-order chi connectivity index (χ0) is 22.3. The molecule has 0 aromatic rings. The van der Waals surface area contributed by atoms with E-state index < -0.39 is 0 Å². The van der Waals surface area contributed by atoms with Gasteiger partial charge in [0.25, 0.3) is 0 Å². The molecule has 0 amide bonds. The first-order valence-electron chi connectivity index (χ1n) is 10.5. The maximum atomic E-state index is 5.50. The number of methoxy groups -OCH3 is 4. The van der Waals surface area contributed by atoms with Crippen molar-refractivity contribution in [2.75, 3.05) is 28.4 Å². The zero-order valence-electron chi connectivity index (χ0n) is 19.5. The van der Waals surface area contributed by atoms with Crippen molar-refractivity contribution in [3.05, 3.63) is 12.2 Å².